The molecule has 2 fully saturated rings. The molecule has 266 valence electrons. The second kappa shape index (κ2) is 16.1. The summed E-state index contributed by atoms with van der Waals surface area (Å²) in [5.41, 5.74) is 1.31. The minimum absolute atomic E-state index is 0.283. The van der Waals surface area contributed by atoms with E-state index in [4.69, 9.17) is 18.5 Å². The van der Waals surface area contributed by atoms with E-state index in [9.17, 15) is 19.3 Å². The summed E-state index contributed by atoms with van der Waals surface area (Å²) in [7, 11) is -5.57. The van der Waals surface area contributed by atoms with E-state index in [2.05, 4.69) is 65.0 Å². The van der Waals surface area contributed by atoms with Crippen LogP contribution in [0.25, 0.3) is 22.3 Å². The van der Waals surface area contributed by atoms with Crippen molar-refractivity contribution in [3.8, 4) is 0 Å². The highest BCUT2D eigenvalue weighted by Gasteiger charge is 2.49. The first-order valence-electron chi connectivity index (χ1n) is 14.8. The van der Waals surface area contributed by atoms with Crippen molar-refractivity contribution in [2.75, 3.05) is 36.9 Å². The van der Waals surface area contributed by atoms with Gasteiger partial charge in [0.15, 0.2) is 58.8 Å². The van der Waals surface area contributed by atoms with Gasteiger partial charge in [0.1, 0.15) is 37.1 Å². The van der Waals surface area contributed by atoms with Crippen molar-refractivity contribution in [1.29, 1.82) is 0 Å². The summed E-state index contributed by atoms with van der Waals surface area (Å²) in [6, 6.07) is 0. The van der Waals surface area contributed by atoms with Crippen LogP contribution in [0.4, 0.5) is 20.4 Å². The molecular formula is C25H32F2N10O8P2S2. The Kier molecular flexibility index (Phi) is 11.8. The maximum atomic E-state index is 15.2. The van der Waals surface area contributed by atoms with E-state index in [1.165, 1.54) is 34.4 Å². The smallest absolute Gasteiger partial charge is 0.243 e. The van der Waals surface area contributed by atoms with Gasteiger partial charge in [-0.15, -0.1) is 0 Å². The maximum Gasteiger partial charge on any atom is 0.243 e. The first-order chi connectivity index (χ1) is 23.7. The second-order valence-corrected chi connectivity index (χ2v) is 14.5. The Hall–Kier alpha value is -2.78. The van der Waals surface area contributed by atoms with Crippen LogP contribution in [0, 0.1) is 0 Å². The molecule has 0 aliphatic carbocycles. The van der Waals surface area contributed by atoms with Crippen LogP contribution in [0.15, 0.2) is 37.5 Å². The van der Waals surface area contributed by atoms with Gasteiger partial charge < -0.3 is 39.4 Å². The number of aliphatic hydroxyl groups is 2. The van der Waals surface area contributed by atoms with Crippen LogP contribution in [-0.2, 0) is 27.7 Å². The molecule has 4 N–H and O–H groups in total. The topological polar surface area (TPSA) is 223 Å². The molecule has 0 spiro atoms. The van der Waals surface area contributed by atoms with Crippen molar-refractivity contribution in [2.45, 2.75) is 55.6 Å². The standard InChI is InChI=1S/C25H32F2N10O8P2S2/c26-14-18(44-46(40)48)12(6-38)42-24(14)36-10-34-16-20(30-8-32-22(16)36)28-4-2-1-3-5-29-21-17-23(33-9-31-21)37(11-35-17)25-15(27)19(45-47(41)49)13(7-39)43-25/h1-2,8-15,18-19,24-25,38-39,46-47H,3-7H2,(H,40,48)(H,41,49)(H,28,30,32)(H,29,31,33)/b2-1+/t12-,13?,14-,15-,18?,19-,24-,25-/m1/s1. The molecule has 2 saturated heterocycles. The van der Waals surface area contributed by atoms with Gasteiger partial charge in [-0.2, -0.15) is 0 Å². The Morgan fingerprint density at radius 1 is 0.796 bits per heavy atom. The maximum absolute atomic E-state index is 15.2. The number of hydrogen-bond donors (Lipinski definition) is 6. The zero-order chi connectivity index (χ0) is 34.7. The highest BCUT2D eigenvalue weighted by molar-refractivity contribution is 8.39. The Labute approximate surface area is 288 Å². The summed E-state index contributed by atoms with van der Waals surface area (Å²) in [6.45, 7) is -0.245. The third-order valence-corrected chi connectivity index (χ3v) is 9.37. The number of aromatic nitrogens is 8. The lowest BCUT2D eigenvalue weighted by Crippen LogP contribution is -2.31. The summed E-state index contributed by atoms with van der Waals surface area (Å²) >= 11 is 7.43. The van der Waals surface area contributed by atoms with Crippen molar-refractivity contribution in [3.05, 3.63) is 37.5 Å². The summed E-state index contributed by atoms with van der Waals surface area (Å²) in [5.74, 6) is 0.815. The minimum Gasteiger partial charge on any atom is -0.394 e. The number of imidazole rings is 2. The zero-order valence-electron chi connectivity index (χ0n) is 25.2. The van der Waals surface area contributed by atoms with E-state index in [0.717, 1.165) is 0 Å². The quantitative estimate of drug-likeness (QED) is 0.0442. The summed E-state index contributed by atoms with van der Waals surface area (Å²) in [6.07, 6.45) is -0.955. The highest BCUT2D eigenvalue weighted by atomic mass is 32.7. The molecule has 18 nitrogen and oxygen atoms in total. The predicted octanol–water partition coefficient (Wildman–Crippen LogP) is 2.30. The Morgan fingerprint density at radius 2 is 1.29 bits per heavy atom. The molecule has 4 unspecified atom stereocenters. The summed E-state index contributed by atoms with van der Waals surface area (Å²) in [5, 5.41) is 25.5. The molecule has 2 aliphatic rings. The van der Waals surface area contributed by atoms with Crippen LogP contribution in [0.1, 0.15) is 18.9 Å². The Bertz CT molecular complexity index is 1840. The first kappa shape index (κ1) is 36.0. The lowest BCUT2D eigenvalue weighted by atomic mass is 10.1. The van der Waals surface area contributed by atoms with Gasteiger partial charge in [0, 0.05) is 13.1 Å². The van der Waals surface area contributed by atoms with E-state index in [1.807, 2.05) is 12.2 Å². The zero-order valence-corrected chi connectivity index (χ0v) is 29.0. The first-order valence-corrected chi connectivity index (χ1v) is 20.0. The van der Waals surface area contributed by atoms with E-state index < -0.39 is 76.9 Å². The minimum atomic E-state index is -2.79. The third kappa shape index (κ3) is 7.63. The van der Waals surface area contributed by atoms with Crippen LogP contribution in [-0.4, -0.2) is 112 Å². The number of rotatable bonds is 15. The van der Waals surface area contributed by atoms with E-state index in [-0.39, 0.29) is 11.3 Å². The van der Waals surface area contributed by atoms with Gasteiger partial charge in [-0.05, 0) is 6.42 Å². The fraction of sp³-hybridized carbons (Fsp3) is 0.520. The van der Waals surface area contributed by atoms with Crippen molar-refractivity contribution in [1.82, 2.24) is 39.0 Å². The number of thiol groups is 2. The Balaban J connectivity index is 1.03. The van der Waals surface area contributed by atoms with Crippen molar-refractivity contribution in [2.24, 2.45) is 0 Å². The molecule has 4 aromatic heterocycles. The average Bonchev–Trinajstić information content (AvgIpc) is 3.85. The molecule has 0 amide bonds. The SMILES string of the molecule is O=[PH](S)OC1[C@@H](F)[C@H](n2cnc3c(NC/C=C/CCNc4ncnc5c4ncn5[C@@H]4OC(CO)[C@@H](O[PH](=O)S)[C@H]4F)ncnc32)O[C@@H]1CO. The molecule has 4 aromatic rings. The summed E-state index contributed by atoms with van der Waals surface area (Å²) < 4.78 is 77.6. The molecule has 10 atom stereocenters. The summed E-state index contributed by atoms with van der Waals surface area (Å²) in [4.78, 5) is 25.6. The highest BCUT2D eigenvalue weighted by Crippen LogP contribution is 2.42. The number of anilines is 2. The van der Waals surface area contributed by atoms with Gasteiger partial charge in [-0.3, -0.25) is 18.3 Å². The number of nitrogens with one attached hydrogen (secondary N) is 2. The average molecular weight is 765 g/mol. The van der Waals surface area contributed by atoms with Gasteiger partial charge in [-0.25, -0.2) is 38.7 Å². The lowest BCUT2D eigenvalue weighted by molar-refractivity contribution is -0.0427. The van der Waals surface area contributed by atoms with E-state index in [0.29, 0.717) is 42.2 Å². The number of aliphatic hydroxyl groups excluding tert-OH is 2. The number of halogens is 2. The van der Waals surface area contributed by atoms with Crippen LogP contribution in [0.5, 0.6) is 0 Å². The van der Waals surface area contributed by atoms with Gasteiger partial charge in [0.25, 0.3) is 0 Å². The molecule has 0 radical (unpaired) electrons. The molecule has 0 bridgehead atoms. The van der Waals surface area contributed by atoms with Crippen molar-refractivity contribution in [3.63, 3.8) is 0 Å². The molecular weight excluding hydrogens is 732 g/mol. The largest absolute Gasteiger partial charge is 0.394 e. The van der Waals surface area contributed by atoms with E-state index in [1.54, 1.807) is 0 Å². The van der Waals surface area contributed by atoms with Crippen molar-refractivity contribution < 1.29 is 46.6 Å². The third-order valence-electron chi connectivity index (χ3n) is 7.79. The molecule has 2 aliphatic heterocycles. The number of fused-ring (bicyclic) bond motifs is 2. The van der Waals surface area contributed by atoms with Gasteiger partial charge in [-0.1, -0.05) is 36.6 Å². The van der Waals surface area contributed by atoms with Gasteiger partial charge >= 0.3 is 0 Å². The van der Waals surface area contributed by atoms with Gasteiger partial charge in [0.05, 0.1) is 25.9 Å². The van der Waals surface area contributed by atoms with Crippen LogP contribution < -0.4 is 10.6 Å². The van der Waals surface area contributed by atoms with Crippen molar-refractivity contribution >= 4 is 72.9 Å². The Morgan fingerprint density at radius 3 is 1.76 bits per heavy atom. The van der Waals surface area contributed by atoms with Crippen LogP contribution in [0.3, 0.4) is 0 Å². The van der Waals surface area contributed by atoms with Crippen LogP contribution >= 0.6 is 39.0 Å². The second-order valence-electron chi connectivity index (χ2n) is 10.7. The number of ether oxygens (including phenoxy) is 2. The number of nitrogens with zero attached hydrogens (tertiary/aromatic N) is 8. The molecule has 6 heterocycles. The lowest BCUT2D eigenvalue weighted by Gasteiger charge is -2.16. The predicted molar refractivity (Wildman–Crippen MR) is 179 cm³/mol. The molecule has 6 rings (SSSR count). The molecule has 0 aromatic carbocycles. The molecule has 0 saturated carbocycles. The normalized spacial score (nSPS) is 28.5. The van der Waals surface area contributed by atoms with E-state index >= 15 is 8.78 Å². The molecule has 49 heavy (non-hydrogen) atoms. The monoisotopic (exact) mass is 764 g/mol. The number of hydrogen-bond acceptors (Lipinski definition) is 16. The fourth-order valence-electron chi connectivity index (χ4n) is 5.61. The fourth-order valence-corrected chi connectivity index (χ4v) is 7.37. The van der Waals surface area contributed by atoms with Gasteiger partial charge in [0.2, 0.25) is 14.5 Å². The van der Waals surface area contributed by atoms with Crippen LogP contribution in [0.2, 0.25) is 0 Å². The number of alkyl halides is 2. The molecule has 24 heteroatoms.